The summed E-state index contributed by atoms with van der Waals surface area (Å²) in [4.78, 5) is 13.6. The number of rotatable bonds is 9. The molecule has 0 atom stereocenters. The summed E-state index contributed by atoms with van der Waals surface area (Å²) in [5.41, 5.74) is 0. The summed E-state index contributed by atoms with van der Waals surface area (Å²) in [6.45, 7) is 6.60. The molecular weight excluding hydrogens is 358 g/mol. The van der Waals surface area contributed by atoms with Gasteiger partial charge in [0.1, 0.15) is 12.4 Å². The summed E-state index contributed by atoms with van der Waals surface area (Å²) in [6, 6.07) is 5.39. The predicted octanol–water partition coefficient (Wildman–Crippen LogP) is 3.76. The Morgan fingerprint density at radius 2 is 2.10 bits per heavy atom. The Morgan fingerprint density at radius 3 is 2.71 bits per heavy atom. The van der Waals surface area contributed by atoms with E-state index in [4.69, 9.17) is 21.1 Å². The lowest BCUT2D eigenvalue weighted by Crippen LogP contribution is -2.35. The van der Waals surface area contributed by atoms with E-state index in [1.807, 2.05) is 17.9 Å². The molecule has 0 fully saturated rings. The molecule has 0 unspecified atom stereocenters. The molecule has 4 nitrogen and oxygen atoms in total. The summed E-state index contributed by atoms with van der Waals surface area (Å²) in [6.07, 6.45) is 0.976. The SMILES string of the molecule is CCCN(CCOc1ccc(Cl)cc1Br)CC(=O)OCC. The van der Waals surface area contributed by atoms with Gasteiger partial charge in [-0.2, -0.15) is 0 Å². The lowest BCUT2D eigenvalue weighted by Gasteiger charge is -2.20. The second kappa shape index (κ2) is 10.0. The van der Waals surface area contributed by atoms with Crippen LogP contribution in [0.25, 0.3) is 0 Å². The van der Waals surface area contributed by atoms with Crippen molar-refractivity contribution < 1.29 is 14.3 Å². The van der Waals surface area contributed by atoms with E-state index in [-0.39, 0.29) is 5.97 Å². The molecule has 0 saturated heterocycles. The van der Waals surface area contributed by atoms with E-state index < -0.39 is 0 Å². The number of carbonyl (C=O) groups excluding carboxylic acids is 1. The molecule has 6 heteroatoms. The second-order valence-electron chi connectivity index (χ2n) is 4.50. The summed E-state index contributed by atoms with van der Waals surface area (Å²) in [5, 5.41) is 0.657. The van der Waals surface area contributed by atoms with Gasteiger partial charge in [-0.25, -0.2) is 0 Å². The molecule has 0 aliphatic heterocycles. The first kappa shape index (κ1) is 18.3. The molecule has 0 bridgehead atoms. The first-order valence-corrected chi connectivity index (χ1v) is 8.19. The summed E-state index contributed by atoms with van der Waals surface area (Å²) in [5.74, 6) is 0.547. The van der Waals surface area contributed by atoms with Gasteiger partial charge in [-0.1, -0.05) is 18.5 Å². The third-order valence-corrected chi connectivity index (χ3v) is 3.61. The molecule has 0 amide bonds. The van der Waals surface area contributed by atoms with E-state index in [2.05, 4.69) is 22.9 Å². The number of ether oxygens (including phenoxy) is 2. The topological polar surface area (TPSA) is 38.8 Å². The Kier molecular flexibility index (Phi) is 8.73. The molecule has 0 spiro atoms. The molecule has 1 aromatic carbocycles. The maximum atomic E-state index is 11.5. The Morgan fingerprint density at radius 1 is 1.33 bits per heavy atom. The lowest BCUT2D eigenvalue weighted by atomic mass is 10.3. The van der Waals surface area contributed by atoms with Gasteiger partial charge in [0.15, 0.2) is 0 Å². The normalized spacial score (nSPS) is 10.7. The molecule has 21 heavy (non-hydrogen) atoms. The maximum absolute atomic E-state index is 11.5. The number of benzene rings is 1. The summed E-state index contributed by atoms with van der Waals surface area (Å²) >= 11 is 9.29. The highest BCUT2D eigenvalue weighted by atomic mass is 79.9. The molecule has 0 heterocycles. The van der Waals surface area contributed by atoms with Crippen molar-refractivity contribution in [2.75, 3.05) is 32.8 Å². The van der Waals surface area contributed by atoms with Crippen LogP contribution in [0.4, 0.5) is 0 Å². The number of carbonyl (C=O) groups is 1. The van der Waals surface area contributed by atoms with Crippen LogP contribution >= 0.6 is 27.5 Å². The van der Waals surface area contributed by atoms with Gasteiger partial charge in [0.05, 0.1) is 17.6 Å². The van der Waals surface area contributed by atoms with Gasteiger partial charge in [0.2, 0.25) is 0 Å². The molecule has 1 rings (SSSR count). The van der Waals surface area contributed by atoms with Crippen molar-refractivity contribution in [1.82, 2.24) is 4.90 Å². The van der Waals surface area contributed by atoms with Crippen molar-refractivity contribution in [3.8, 4) is 5.75 Å². The van der Waals surface area contributed by atoms with Crippen LogP contribution in [0, 0.1) is 0 Å². The summed E-state index contributed by atoms with van der Waals surface area (Å²) < 4.78 is 11.5. The van der Waals surface area contributed by atoms with Crippen LogP contribution in [0.15, 0.2) is 22.7 Å². The molecule has 0 N–H and O–H groups in total. The first-order valence-electron chi connectivity index (χ1n) is 7.02. The van der Waals surface area contributed by atoms with E-state index >= 15 is 0 Å². The number of halogens is 2. The standard InChI is InChI=1S/C15H21BrClNO3/c1-3-7-18(11-15(19)20-4-2)8-9-21-14-6-5-12(17)10-13(14)16/h5-6,10H,3-4,7-9,11H2,1-2H3. The Hall–Kier alpha value is -0.780. The van der Waals surface area contributed by atoms with E-state index in [9.17, 15) is 4.79 Å². The molecule has 0 saturated carbocycles. The minimum atomic E-state index is -0.196. The Bertz CT molecular complexity index is 457. The quantitative estimate of drug-likeness (QED) is 0.613. The predicted molar refractivity (Wildman–Crippen MR) is 88.0 cm³/mol. The minimum Gasteiger partial charge on any atom is -0.491 e. The molecule has 1 aromatic rings. The fourth-order valence-corrected chi connectivity index (χ4v) is 2.65. The monoisotopic (exact) mass is 377 g/mol. The van der Waals surface area contributed by atoms with E-state index in [0.717, 1.165) is 23.2 Å². The van der Waals surface area contributed by atoms with E-state index in [1.54, 1.807) is 12.1 Å². The van der Waals surface area contributed by atoms with Crippen LogP contribution in [-0.2, 0) is 9.53 Å². The van der Waals surface area contributed by atoms with Crippen molar-refractivity contribution in [3.05, 3.63) is 27.7 Å². The molecule has 0 aromatic heterocycles. The van der Waals surface area contributed by atoms with Gasteiger partial charge in [-0.3, -0.25) is 9.69 Å². The van der Waals surface area contributed by atoms with E-state index in [1.165, 1.54) is 0 Å². The molecule has 0 aliphatic carbocycles. The first-order chi connectivity index (χ1) is 10.1. The minimum absolute atomic E-state index is 0.196. The van der Waals surface area contributed by atoms with Crippen molar-refractivity contribution in [3.63, 3.8) is 0 Å². The third-order valence-electron chi connectivity index (χ3n) is 2.76. The summed E-state index contributed by atoms with van der Waals surface area (Å²) in [7, 11) is 0. The largest absolute Gasteiger partial charge is 0.491 e. The molecular formula is C15H21BrClNO3. The highest BCUT2D eigenvalue weighted by Crippen LogP contribution is 2.27. The average molecular weight is 379 g/mol. The zero-order valence-electron chi connectivity index (χ0n) is 12.4. The Balaban J connectivity index is 2.44. The van der Waals surface area contributed by atoms with Crippen molar-refractivity contribution in [2.24, 2.45) is 0 Å². The van der Waals surface area contributed by atoms with Crippen LogP contribution < -0.4 is 4.74 Å². The second-order valence-corrected chi connectivity index (χ2v) is 5.80. The molecule has 0 aliphatic rings. The zero-order valence-corrected chi connectivity index (χ0v) is 14.7. The lowest BCUT2D eigenvalue weighted by molar-refractivity contribution is -0.144. The van der Waals surface area contributed by atoms with Gasteiger partial charge < -0.3 is 9.47 Å². The maximum Gasteiger partial charge on any atom is 0.320 e. The van der Waals surface area contributed by atoms with Crippen LogP contribution in [0.1, 0.15) is 20.3 Å². The van der Waals surface area contributed by atoms with Crippen molar-refractivity contribution in [1.29, 1.82) is 0 Å². The van der Waals surface area contributed by atoms with Gasteiger partial charge in [0.25, 0.3) is 0 Å². The zero-order chi connectivity index (χ0) is 15.7. The number of nitrogens with zero attached hydrogens (tertiary/aromatic N) is 1. The number of hydrogen-bond acceptors (Lipinski definition) is 4. The average Bonchev–Trinajstić information content (AvgIpc) is 2.41. The van der Waals surface area contributed by atoms with Crippen LogP contribution in [0.5, 0.6) is 5.75 Å². The van der Waals surface area contributed by atoms with Gasteiger partial charge in [-0.15, -0.1) is 0 Å². The van der Waals surface area contributed by atoms with Crippen molar-refractivity contribution >= 4 is 33.5 Å². The highest BCUT2D eigenvalue weighted by molar-refractivity contribution is 9.10. The number of esters is 1. The number of hydrogen-bond donors (Lipinski definition) is 0. The fraction of sp³-hybridized carbons (Fsp3) is 0.533. The van der Waals surface area contributed by atoms with Gasteiger partial charge in [-0.05, 0) is 54.0 Å². The highest BCUT2D eigenvalue weighted by Gasteiger charge is 2.11. The van der Waals surface area contributed by atoms with E-state index in [0.29, 0.717) is 31.3 Å². The van der Waals surface area contributed by atoms with Gasteiger partial charge in [0, 0.05) is 11.6 Å². The molecule has 118 valence electrons. The molecule has 0 radical (unpaired) electrons. The smallest absolute Gasteiger partial charge is 0.320 e. The van der Waals surface area contributed by atoms with Crippen LogP contribution in [0.2, 0.25) is 5.02 Å². The van der Waals surface area contributed by atoms with Crippen molar-refractivity contribution in [2.45, 2.75) is 20.3 Å². The van der Waals surface area contributed by atoms with Crippen LogP contribution in [0.3, 0.4) is 0 Å². The fourth-order valence-electron chi connectivity index (χ4n) is 1.85. The Labute approximate surface area is 139 Å². The third kappa shape index (κ3) is 7.16. The van der Waals surface area contributed by atoms with Crippen LogP contribution in [-0.4, -0.2) is 43.7 Å². The van der Waals surface area contributed by atoms with Gasteiger partial charge >= 0.3 is 5.97 Å².